The number of aliphatic imine (C=N–C) groups is 1. The van der Waals surface area contributed by atoms with Gasteiger partial charge in [-0.1, -0.05) is 53.7 Å². The third-order valence-electron chi connectivity index (χ3n) is 4.08. The van der Waals surface area contributed by atoms with E-state index in [0.29, 0.717) is 28.2 Å². The Hall–Kier alpha value is -2.51. The molecule has 2 amide bonds. The highest BCUT2D eigenvalue weighted by molar-refractivity contribution is 8.15. The number of carbonyl (C=O) groups is 2. The monoisotopic (exact) mass is 417 g/mol. The van der Waals surface area contributed by atoms with Gasteiger partial charge in [-0.25, -0.2) is 0 Å². The Balaban J connectivity index is 1.50. The van der Waals surface area contributed by atoms with Gasteiger partial charge in [-0.2, -0.15) is 0 Å². The van der Waals surface area contributed by atoms with Crippen molar-refractivity contribution in [2.75, 3.05) is 19.0 Å². The lowest BCUT2D eigenvalue weighted by Crippen LogP contribution is -2.28. The summed E-state index contributed by atoms with van der Waals surface area (Å²) in [7, 11) is 1.52. The molecule has 0 aliphatic carbocycles. The smallest absolute Gasteiger partial charge is 0.240 e. The van der Waals surface area contributed by atoms with Crippen molar-refractivity contribution in [2.24, 2.45) is 4.99 Å². The second-order valence-corrected chi connectivity index (χ2v) is 7.72. The fourth-order valence-electron chi connectivity index (χ4n) is 2.67. The minimum Gasteiger partial charge on any atom is -0.495 e. The van der Waals surface area contributed by atoms with Gasteiger partial charge in [0, 0.05) is 18.7 Å². The minimum absolute atomic E-state index is 0.0534. The van der Waals surface area contributed by atoms with Crippen LogP contribution in [-0.4, -0.2) is 35.9 Å². The van der Waals surface area contributed by atoms with Crippen LogP contribution < -0.4 is 15.4 Å². The molecule has 1 aliphatic heterocycles. The van der Waals surface area contributed by atoms with Gasteiger partial charge in [0.1, 0.15) is 11.0 Å². The molecule has 2 aromatic carbocycles. The number of benzene rings is 2. The van der Waals surface area contributed by atoms with Crippen LogP contribution >= 0.6 is 23.4 Å². The molecule has 2 aromatic rings. The maximum absolute atomic E-state index is 12.3. The minimum atomic E-state index is -0.496. The highest BCUT2D eigenvalue weighted by atomic mass is 35.5. The number of anilines is 1. The molecule has 1 fully saturated rings. The zero-order valence-corrected chi connectivity index (χ0v) is 16.8. The molecule has 0 aromatic heterocycles. The largest absolute Gasteiger partial charge is 0.495 e. The number of amidine groups is 1. The van der Waals surface area contributed by atoms with E-state index in [9.17, 15) is 9.59 Å². The molecular formula is C20H20ClN3O3S. The second-order valence-electron chi connectivity index (χ2n) is 6.12. The first-order valence-electron chi connectivity index (χ1n) is 8.74. The fourth-order valence-corrected chi connectivity index (χ4v) is 3.92. The van der Waals surface area contributed by atoms with Crippen molar-refractivity contribution in [3.63, 3.8) is 0 Å². The van der Waals surface area contributed by atoms with Gasteiger partial charge in [-0.05, 0) is 30.2 Å². The zero-order valence-electron chi connectivity index (χ0n) is 15.3. The number of methoxy groups -OCH3 is 1. The van der Waals surface area contributed by atoms with Crippen molar-refractivity contribution in [1.29, 1.82) is 0 Å². The van der Waals surface area contributed by atoms with Crippen LogP contribution in [0.15, 0.2) is 53.5 Å². The summed E-state index contributed by atoms with van der Waals surface area (Å²) < 4.78 is 5.08. The van der Waals surface area contributed by atoms with Crippen LogP contribution in [0.3, 0.4) is 0 Å². The van der Waals surface area contributed by atoms with E-state index in [1.54, 1.807) is 18.2 Å². The van der Waals surface area contributed by atoms with Crippen LogP contribution in [0.2, 0.25) is 5.02 Å². The summed E-state index contributed by atoms with van der Waals surface area (Å²) in [4.78, 5) is 28.8. The molecule has 0 radical (unpaired) electrons. The number of amides is 2. The average Bonchev–Trinajstić information content (AvgIpc) is 3.02. The number of rotatable bonds is 7. The standard InChI is InChI=1S/C20H20ClN3O3S/c1-27-16-8-7-14(11-15(16)21)23-18(25)12-17-19(26)24-20(28-17)22-10-9-13-5-3-2-4-6-13/h2-8,11,17H,9-10,12H2,1H3,(H,23,25)(H,22,24,26). The Bertz CT molecular complexity index is 890. The molecule has 1 atom stereocenters. The molecule has 6 nitrogen and oxygen atoms in total. The van der Waals surface area contributed by atoms with Crippen LogP contribution in [0.5, 0.6) is 5.75 Å². The molecule has 2 N–H and O–H groups in total. The van der Waals surface area contributed by atoms with E-state index in [4.69, 9.17) is 16.3 Å². The van der Waals surface area contributed by atoms with Crippen molar-refractivity contribution in [3.8, 4) is 5.75 Å². The Morgan fingerprint density at radius 3 is 2.79 bits per heavy atom. The number of nitrogens with zero attached hydrogens (tertiary/aromatic N) is 1. The molecule has 1 aliphatic rings. The lowest BCUT2D eigenvalue weighted by Gasteiger charge is -2.09. The highest BCUT2D eigenvalue weighted by Crippen LogP contribution is 2.28. The van der Waals surface area contributed by atoms with E-state index in [1.165, 1.54) is 24.4 Å². The molecule has 1 unspecified atom stereocenters. The second kappa shape index (κ2) is 9.61. The van der Waals surface area contributed by atoms with E-state index >= 15 is 0 Å². The van der Waals surface area contributed by atoms with Gasteiger partial charge in [0.25, 0.3) is 0 Å². The van der Waals surface area contributed by atoms with Crippen molar-refractivity contribution in [2.45, 2.75) is 18.1 Å². The lowest BCUT2D eigenvalue weighted by atomic mass is 10.2. The summed E-state index contributed by atoms with van der Waals surface area (Å²) in [6.45, 7) is 0.579. The lowest BCUT2D eigenvalue weighted by molar-refractivity contribution is -0.122. The number of hydrogen-bond acceptors (Lipinski definition) is 5. The van der Waals surface area contributed by atoms with Crippen LogP contribution in [0, 0.1) is 0 Å². The summed E-state index contributed by atoms with van der Waals surface area (Å²) >= 11 is 7.34. The molecule has 146 valence electrons. The first-order valence-corrected chi connectivity index (χ1v) is 10.00. The Morgan fingerprint density at radius 1 is 1.29 bits per heavy atom. The van der Waals surface area contributed by atoms with Crippen LogP contribution in [0.1, 0.15) is 12.0 Å². The van der Waals surface area contributed by atoms with Crippen LogP contribution in [0.4, 0.5) is 5.69 Å². The van der Waals surface area contributed by atoms with Gasteiger partial charge in [0.05, 0.1) is 12.1 Å². The number of hydrogen-bond donors (Lipinski definition) is 2. The summed E-state index contributed by atoms with van der Waals surface area (Å²) in [6.07, 6.45) is 0.849. The number of carbonyl (C=O) groups excluding carboxylic acids is 2. The fraction of sp³-hybridized carbons (Fsp3) is 0.250. The Labute approximate surface area is 172 Å². The number of ether oxygens (including phenoxy) is 1. The average molecular weight is 418 g/mol. The highest BCUT2D eigenvalue weighted by Gasteiger charge is 2.31. The molecule has 8 heteroatoms. The van der Waals surface area contributed by atoms with Crippen molar-refractivity contribution in [3.05, 3.63) is 59.1 Å². The summed E-state index contributed by atoms with van der Waals surface area (Å²) in [5, 5.41) is 5.96. The molecule has 28 heavy (non-hydrogen) atoms. The first-order chi connectivity index (χ1) is 13.5. The molecular weight excluding hydrogens is 398 g/mol. The zero-order chi connectivity index (χ0) is 19.9. The summed E-state index contributed by atoms with van der Waals surface area (Å²) in [6, 6.07) is 15.0. The van der Waals surface area contributed by atoms with Crippen molar-refractivity contribution in [1.82, 2.24) is 5.32 Å². The molecule has 1 saturated heterocycles. The maximum Gasteiger partial charge on any atom is 0.240 e. The van der Waals surface area contributed by atoms with Crippen molar-refractivity contribution >= 4 is 46.0 Å². The molecule has 0 spiro atoms. The Kier molecular flexibility index (Phi) is 6.95. The van der Waals surface area contributed by atoms with Gasteiger partial charge >= 0.3 is 0 Å². The number of halogens is 1. The maximum atomic E-state index is 12.3. The van der Waals surface area contributed by atoms with E-state index in [2.05, 4.69) is 15.6 Å². The normalized spacial score (nSPS) is 17.4. The van der Waals surface area contributed by atoms with Crippen LogP contribution in [0.25, 0.3) is 0 Å². The Morgan fingerprint density at radius 2 is 2.07 bits per heavy atom. The topological polar surface area (TPSA) is 79.8 Å². The van der Waals surface area contributed by atoms with Gasteiger partial charge in [0.15, 0.2) is 5.17 Å². The quantitative estimate of drug-likeness (QED) is 0.722. The summed E-state index contributed by atoms with van der Waals surface area (Å²) in [5.41, 5.74) is 1.74. The van der Waals surface area contributed by atoms with Gasteiger partial charge in [0.2, 0.25) is 11.8 Å². The van der Waals surface area contributed by atoms with E-state index in [1.807, 2.05) is 30.3 Å². The molecule has 0 bridgehead atoms. The first kappa shape index (κ1) is 20.2. The van der Waals surface area contributed by atoms with Gasteiger partial charge in [-0.15, -0.1) is 0 Å². The molecule has 3 rings (SSSR count). The molecule has 0 saturated carbocycles. The SMILES string of the molecule is COc1ccc(NC(=O)CC2SC(=NCCc3ccccc3)NC2=O)cc1Cl. The predicted molar refractivity (Wildman–Crippen MR) is 113 cm³/mol. The van der Waals surface area contributed by atoms with E-state index in [0.717, 1.165) is 6.42 Å². The van der Waals surface area contributed by atoms with E-state index < -0.39 is 5.25 Å². The number of nitrogens with one attached hydrogen (secondary N) is 2. The third-order valence-corrected chi connectivity index (χ3v) is 5.50. The predicted octanol–water partition coefficient (Wildman–Crippen LogP) is 3.51. The number of thioether (sulfide) groups is 1. The van der Waals surface area contributed by atoms with Crippen molar-refractivity contribution < 1.29 is 14.3 Å². The van der Waals surface area contributed by atoms with Crippen LogP contribution in [-0.2, 0) is 16.0 Å². The van der Waals surface area contributed by atoms with Gasteiger partial charge in [-0.3, -0.25) is 14.6 Å². The van der Waals surface area contributed by atoms with Gasteiger partial charge < -0.3 is 15.4 Å². The summed E-state index contributed by atoms with van der Waals surface area (Å²) in [5.74, 6) is 0.0625. The third kappa shape index (κ3) is 5.50. The molecule has 1 heterocycles. The van der Waals surface area contributed by atoms with E-state index in [-0.39, 0.29) is 18.2 Å².